The molecule has 0 bridgehead atoms. The summed E-state index contributed by atoms with van der Waals surface area (Å²) in [6, 6.07) is -1.76. The Morgan fingerprint density at radius 3 is 2.54 bits per heavy atom. The van der Waals surface area contributed by atoms with Gasteiger partial charge in [0, 0.05) is 13.1 Å². The lowest BCUT2D eigenvalue weighted by Gasteiger charge is -2.30. The van der Waals surface area contributed by atoms with E-state index in [9.17, 15) is 19.5 Å². The van der Waals surface area contributed by atoms with Crippen molar-refractivity contribution in [1.82, 2.24) is 15.5 Å². The summed E-state index contributed by atoms with van der Waals surface area (Å²) in [5.74, 6) is -0.546. The van der Waals surface area contributed by atoms with Crippen molar-refractivity contribution >= 4 is 17.9 Å². The van der Waals surface area contributed by atoms with Crippen LogP contribution < -0.4 is 10.6 Å². The van der Waals surface area contributed by atoms with Gasteiger partial charge in [-0.25, -0.2) is 4.79 Å². The summed E-state index contributed by atoms with van der Waals surface area (Å²) in [7, 11) is 0. The molecular weight excluding hydrogens is 342 g/mol. The van der Waals surface area contributed by atoms with Gasteiger partial charge in [-0.15, -0.1) is 0 Å². The highest BCUT2D eigenvalue weighted by molar-refractivity contribution is 5.88. The Bertz CT molecular complexity index is 531. The molecule has 9 nitrogen and oxygen atoms in total. The van der Waals surface area contributed by atoms with Crippen LogP contribution in [0.2, 0.25) is 0 Å². The van der Waals surface area contributed by atoms with Crippen LogP contribution in [0.4, 0.5) is 4.79 Å². The number of amides is 3. The van der Waals surface area contributed by atoms with Crippen molar-refractivity contribution in [1.29, 1.82) is 0 Å². The van der Waals surface area contributed by atoms with Crippen LogP contribution in [-0.2, 0) is 19.1 Å². The Hall–Kier alpha value is -1.87. The standard InChI is InChI=1S/C17H27N3O6/c21-14-10-13(16(23)26-14)18-15(22)12(9-11-3-1-2-4-11)19-17(24)20-5-7-25-8-6-20/h11-13,16,23H,1-10H2,(H,18,22)(H,19,24)/t12-,13-,16?/m0/s1. The lowest BCUT2D eigenvalue weighted by Crippen LogP contribution is -2.55. The number of hydrogen-bond donors (Lipinski definition) is 3. The molecule has 9 heteroatoms. The predicted octanol–water partition coefficient (Wildman–Crippen LogP) is -0.273. The molecular formula is C17H27N3O6. The molecule has 26 heavy (non-hydrogen) atoms. The highest BCUT2D eigenvalue weighted by Gasteiger charge is 2.37. The van der Waals surface area contributed by atoms with Crippen molar-refractivity contribution in [2.24, 2.45) is 5.92 Å². The van der Waals surface area contributed by atoms with Gasteiger partial charge in [-0.1, -0.05) is 25.7 Å². The summed E-state index contributed by atoms with van der Waals surface area (Å²) in [5, 5.41) is 15.2. The first-order valence-corrected chi connectivity index (χ1v) is 9.34. The summed E-state index contributed by atoms with van der Waals surface area (Å²) in [4.78, 5) is 38.1. The van der Waals surface area contributed by atoms with Gasteiger partial charge in [0.25, 0.3) is 0 Å². The van der Waals surface area contributed by atoms with Gasteiger partial charge in [-0.2, -0.15) is 0 Å². The molecule has 3 fully saturated rings. The molecule has 3 amide bonds. The van der Waals surface area contributed by atoms with E-state index >= 15 is 0 Å². The van der Waals surface area contributed by atoms with Gasteiger partial charge in [0.1, 0.15) is 12.1 Å². The van der Waals surface area contributed by atoms with E-state index in [0.717, 1.165) is 25.7 Å². The Labute approximate surface area is 152 Å². The Balaban J connectivity index is 1.60. The predicted molar refractivity (Wildman–Crippen MR) is 89.9 cm³/mol. The van der Waals surface area contributed by atoms with Gasteiger partial charge < -0.3 is 30.1 Å². The summed E-state index contributed by atoms with van der Waals surface area (Å²) < 4.78 is 9.90. The molecule has 0 aromatic carbocycles. The molecule has 0 radical (unpaired) electrons. The zero-order valence-corrected chi connectivity index (χ0v) is 14.8. The molecule has 3 N–H and O–H groups in total. The summed E-state index contributed by atoms with van der Waals surface area (Å²) in [6.45, 7) is 1.96. The summed E-state index contributed by atoms with van der Waals surface area (Å²) >= 11 is 0. The Morgan fingerprint density at radius 1 is 1.23 bits per heavy atom. The number of carbonyl (C=O) groups is 3. The molecule has 2 saturated heterocycles. The van der Waals surface area contributed by atoms with E-state index in [1.54, 1.807) is 4.90 Å². The third kappa shape index (κ3) is 4.85. The first-order chi connectivity index (χ1) is 12.5. The van der Waals surface area contributed by atoms with Gasteiger partial charge in [-0.05, 0) is 12.3 Å². The third-order valence-corrected chi connectivity index (χ3v) is 5.27. The molecule has 1 unspecified atom stereocenters. The summed E-state index contributed by atoms with van der Waals surface area (Å²) in [5.41, 5.74) is 0. The second kappa shape index (κ2) is 8.68. The van der Waals surface area contributed by atoms with Gasteiger partial charge in [0.05, 0.1) is 19.6 Å². The third-order valence-electron chi connectivity index (χ3n) is 5.27. The number of hydrogen-bond acceptors (Lipinski definition) is 6. The summed E-state index contributed by atoms with van der Waals surface area (Å²) in [6.07, 6.45) is 3.52. The lowest BCUT2D eigenvalue weighted by molar-refractivity contribution is -0.155. The van der Waals surface area contributed by atoms with Crippen LogP contribution in [-0.4, -0.2) is 72.6 Å². The molecule has 1 aliphatic carbocycles. The molecule has 2 heterocycles. The molecule has 3 aliphatic rings. The van der Waals surface area contributed by atoms with Crippen LogP contribution in [0.1, 0.15) is 38.5 Å². The molecule has 3 atom stereocenters. The van der Waals surface area contributed by atoms with Gasteiger partial charge in [0.2, 0.25) is 12.2 Å². The number of cyclic esters (lactones) is 1. The van der Waals surface area contributed by atoms with Crippen molar-refractivity contribution in [3.63, 3.8) is 0 Å². The molecule has 146 valence electrons. The fourth-order valence-electron chi connectivity index (χ4n) is 3.77. The molecule has 2 aliphatic heterocycles. The maximum atomic E-state index is 12.7. The van der Waals surface area contributed by atoms with Crippen molar-refractivity contribution in [3.8, 4) is 0 Å². The van der Waals surface area contributed by atoms with Gasteiger partial charge in [-0.3, -0.25) is 9.59 Å². The maximum absolute atomic E-state index is 12.7. The average molecular weight is 369 g/mol. The quantitative estimate of drug-likeness (QED) is 0.574. The highest BCUT2D eigenvalue weighted by Crippen LogP contribution is 2.29. The van der Waals surface area contributed by atoms with Crippen LogP contribution in [0, 0.1) is 5.92 Å². The number of aliphatic hydroxyl groups excluding tert-OH is 1. The van der Waals surface area contributed by atoms with Gasteiger partial charge in [0.15, 0.2) is 0 Å². The van der Waals surface area contributed by atoms with Crippen molar-refractivity contribution in [2.75, 3.05) is 26.3 Å². The number of rotatable bonds is 5. The lowest BCUT2D eigenvalue weighted by atomic mass is 9.97. The van der Waals surface area contributed by atoms with Crippen LogP contribution >= 0.6 is 0 Å². The minimum absolute atomic E-state index is 0.0690. The zero-order valence-electron chi connectivity index (χ0n) is 14.8. The topological polar surface area (TPSA) is 117 Å². The first kappa shape index (κ1) is 18.9. The van der Waals surface area contributed by atoms with E-state index in [1.165, 1.54) is 0 Å². The normalized spacial score (nSPS) is 27.9. The Morgan fingerprint density at radius 2 is 1.92 bits per heavy atom. The number of esters is 1. The minimum atomic E-state index is -1.34. The molecule has 0 spiro atoms. The number of nitrogens with zero attached hydrogens (tertiary/aromatic N) is 1. The number of nitrogens with one attached hydrogen (secondary N) is 2. The van der Waals surface area contributed by atoms with Crippen LogP contribution in [0.3, 0.4) is 0 Å². The van der Waals surface area contributed by atoms with Crippen LogP contribution in [0.15, 0.2) is 0 Å². The van der Waals surface area contributed by atoms with Crippen molar-refractivity contribution in [2.45, 2.75) is 56.9 Å². The largest absolute Gasteiger partial charge is 0.434 e. The molecule has 0 aromatic heterocycles. The van der Waals surface area contributed by atoms with E-state index in [0.29, 0.717) is 38.6 Å². The van der Waals surface area contributed by atoms with E-state index < -0.39 is 24.3 Å². The smallest absolute Gasteiger partial charge is 0.318 e. The second-order valence-electron chi connectivity index (χ2n) is 7.19. The first-order valence-electron chi connectivity index (χ1n) is 9.34. The van der Waals surface area contributed by atoms with E-state index in [1.807, 2.05) is 0 Å². The van der Waals surface area contributed by atoms with E-state index in [4.69, 9.17) is 4.74 Å². The number of carbonyl (C=O) groups excluding carboxylic acids is 3. The van der Waals surface area contributed by atoms with E-state index in [-0.39, 0.29) is 18.4 Å². The fraction of sp³-hybridized carbons (Fsp3) is 0.824. The zero-order chi connectivity index (χ0) is 18.5. The Kier molecular flexibility index (Phi) is 6.31. The van der Waals surface area contributed by atoms with Crippen LogP contribution in [0.5, 0.6) is 0 Å². The molecule has 0 aromatic rings. The number of morpholine rings is 1. The monoisotopic (exact) mass is 369 g/mol. The number of ether oxygens (including phenoxy) is 2. The SMILES string of the molecule is O=C1C[C@H](NC(=O)[C@H](CC2CCCC2)NC(=O)N2CCOCC2)C(O)O1. The maximum Gasteiger partial charge on any atom is 0.318 e. The molecule has 3 rings (SSSR count). The van der Waals surface area contributed by atoms with Crippen molar-refractivity contribution < 1.29 is 29.0 Å². The van der Waals surface area contributed by atoms with E-state index in [2.05, 4.69) is 15.4 Å². The van der Waals surface area contributed by atoms with Crippen LogP contribution in [0.25, 0.3) is 0 Å². The second-order valence-corrected chi connectivity index (χ2v) is 7.19. The average Bonchev–Trinajstić information content (AvgIpc) is 3.24. The number of aliphatic hydroxyl groups is 1. The number of urea groups is 1. The minimum Gasteiger partial charge on any atom is -0.434 e. The highest BCUT2D eigenvalue weighted by atomic mass is 16.6. The van der Waals surface area contributed by atoms with Crippen molar-refractivity contribution in [3.05, 3.63) is 0 Å². The fourth-order valence-corrected chi connectivity index (χ4v) is 3.77. The molecule has 1 saturated carbocycles. The van der Waals surface area contributed by atoms with Gasteiger partial charge >= 0.3 is 12.0 Å².